The molecule has 0 saturated heterocycles. The molecule has 2 aromatic rings. The lowest BCUT2D eigenvalue weighted by atomic mass is 9.90. The van der Waals surface area contributed by atoms with Gasteiger partial charge in [0.1, 0.15) is 10.8 Å². The maximum atomic E-state index is 12.3. The van der Waals surface area contributed by atoms with Crippen molar-refractivity contribution in [1.29, 1.82) is 0 Å². The Labute approximate surface area is 167 Å². The van der Waals surface area contributed by atoms with Crippen LogP contribution in [0.2, 0.25) is 0 Å². The summed E-state index contributed by atoms with van der Waals surface area (Å²) in [5, 5.41) is 22.5. The fourth-order valence-electron chi connectivity index (χ4n) is 3.57. The molecule has 2 aromatic heterocycles. The summed E-state index contributed by atoms with van der Waals surface area (Å²) in [4.78, 5) is 12.3. The lowest BCUT2D eigenvalue weighted by Crippen LogP contribution is -2.14. The average Bonchev–Trinajstić information content (AvgIpc) is 3.29. The van der Waals surface area contributed by atoms with E-state index in [1.807, 2.05) is 0 Å². The molecule has 2 aliphatic rings. The van der Waals surface area contributed by atoms with Gasteiger partial charge in [0.15, 0.2) is 5.16 Å². The van der Waals surface area contributed by atoms with Crippen LogP contribution in [0.5, 0.6) is 0 Å². The van der Waals surface area contributed by atoms with Crippen molar-refractivity contribution >= 4 is 34.1 Å². The monoisotopic (exact) mass is 406 g/mol. The van der Waals surface area contributed by atoms with Crippen LogP contribution < -0.4 is 5.32 Å². The minimum atomic E-state index is -0.0645. The summed E-state index contributed by atoms with van der Waals surface area (Å²) in [5.41, 5.74) is 0. The van der Waals surface area contributed by atoms with Crippen molar-refractivity contribution in [3.8, 4) is 0 Å². The fourth-order valence-corrected chi connectivity index (χ4v) is 5.27. The van der Waals surface area contributed by atoms with Crippen LogP contribution in [0.3, 0.4) is 0 Å². The Hall–Kier alpha value is -1.48. The van der Waals surface area contributed by atoms with E-state index in [-0.39, 0.29) is 5.91 Å². The third kappa shape index (κ3) is 4.68. The molecule has 1 N–H and O–H groups in total. The molecule has 2 aliphatic carbocycles. The van der Waals surface area contributed by atoms with E-state index in [4.69, 9.17) is 0 Å². The van der Waals surface area contributed by atoms with Gasteiger partial charge in [-0.25, -0.2) is 0 Å². The van der Waals surface area contributed by atoms with Gasteiger partial charge in [0.2, 0.25) is 11.0 Å². The number of anilines is 1. The first-order valence-electron chi connectivity index (χ1n) is 9.93. The molecule has 0 radical (unpaired) electrons. The summed E-state index contributed by atoms with van der Waals surface area (Å²) < 4.78 is 2.18. The van der Waals surface area contributed by atoms with Crippen molar-refractivity contribution in [3.05, 3.63) is 10.8 Å². The molecule has 0 aromatic carbocycles. The molecule has 0 unspecified atom stereocenters. The van der Waals surface area contributed by atoms with Gasteiger partial charge >= 0.3 is 0 Å². The van der Waals surface area contributed by atoms with Gasteiger partial charge < -0.3 is 4.57 Å². The van der Waals surface area contributed by atoms with Crippen LogP contribution in [-0.2, 0) is 11.3 Å². The highest BCUT2D eigenvalue weighted by Gasteiger charge is 2.30. The van der Waals surface area contributed by atoms with Gasteiger partial charge in [0.05, 0.1) is 5.75 Å². The molecule has 2 heterocycles. The lowest BCUT2D eigenvalue weighted by Gasteiger charge is -2.18. The highest BCUT2D eigenvalue weighted by Crippen LogP contribution is 2.40. The maximum absolute atomic E-state index is 12.3. The van der Waals surface area contributed by atoms with Crippen LogP contribution >= 0.6 is 23.1 Å². The smallest absolute Gasteiger partial charge is 0.236 e. The van der Waals surface area contributed by atoms with Crippen molar-refractivity contribution in [2.75, 3.05) is 11.1 Å². The van der Waals surface area contributed by atoms with E-state index < -0.39 is 0 Å². The molecule has 7 nitrogen and oxygen atoms in total. The van der Waals surface area contributed by atoms with Crippen LogP contribution in [0.15, 0.2) is 5.16 Å². The summed E-state index contributed by atoms with van der Waals surface area (Å²) in [6.45, 7) is 3.06. The summed E-state index contributed by atoms with van der Waals surface area (Å²) >= 11 is 2.97. The first kappa shape index (κ1) is 18.9. The third-order valence-electron chi connectivity index (χ3n) is 5.11. The number of nitrogens with zero attached hydrogens (tertiary/aromatic N) is 5. The second-order valence-corrected chi connectivity index (χ2v) is 9.34. The summed E-state index contributed by atoms with van der Waals surface area (Å²) in [7, 11) is 0. The number of rotatable bonds is 8. The molecule has 146 valence electrons. The molecule has 0 atom stereocenters. The summed E-state index contributed by atoms with van der Waals surface area (Å²) in [5.74, 6) is 2.41. The minimum absolute atomic E-state index is 0.0645. The number of thioether (sulfide) groups is 1. The Bertz CT molecular complexity index is 779. The van der Waals surface area contributed by atoms with Crippen molar-refractivity contribution in [1.82, 2.24) is 25.0 Å². The van der Waals surface area contributed by atoms with E-state index in [1.54, 1.807) is 0 Å². The zero-order valence-electron chi connectivity index (χ0n) is 15.7. The van der Waals surface area contributed by atoms with Crippen LogP contribution in [0.1, 0.15) is 81.0 Å². The summed E-state index contributed by atoms with van der Waals surface area (Å²) in [6.07, 6.45) is 9.67. The zero-order valence-corrected chi connectivity index (χ0v) is 17.3. The number of aromatic nitrogens is 5. The second-order valence-electron chi connectivity index (χ2n) is 7.38. The number of carbonyl (C=O) groups is 1. The molecule has 27 heavy (non-hydrogen) atoms. The Morgan fingerprint density at radius 3 is 2.67 bits per heavy atom. The molecule has 0 aliphatic heterocycles. The van der Waals surface area contributed by atoms with E-state index in [0.717, 1.165) is 29.0 Å². The lowest BCUT2D eigenvalue weighted by molar-refractivity contribution is -0.113. The van der Waals surface area contributed by atoms with Crippen LogP contribution in [-0.4, -0.2) is 36.6 Å². The minimum Gasteiger partial charge on any atom is -0.306 e. The van der Waals surface area contributed by atoms with Crippen molar-refractivity contribution < 1.29 is 4.79 Å². The topological polar surface area (TPSA) is 85.6 Å². The van der Waals surface area contributed by atoms with Crippen molar-refractivity contribution in [2.45, 2.75) is 81.8 Å². The van der Waals surface area contributed by atoms with Crippen molar-refractivity contribution in [2.24, 2.45) is 0 Å². The van der Waals surface area contributed by atoms with E-state index in [2.05, 4.69) is 37.2 Å². The standard InChI is InChI=1S/C18H26N6OS2/c1-2-10-24-15(12-8-9-12)20-23-18(24)26-11-14(25)19-17-22-21-16(27-17)13-6-4-3-5-7-13/h12-13H,2-11H2,1H3,(H,19,22,25). The van der Waals surface area contributed by atoms with Gasteiger partial charge in [0, 0.05) is 18.4 Å². The van der Waals surface area contributed by atoms with Crippen LogP contribution in [0.4, 0.5) is 5.13 Å². The van der Waals surface area contributed by atoms with Gasteiger partial charge in [-0.1, -0.05) is 49.3 Å². The molecular weight excluding hydrogens is 380 g/mol. The van der Waals surface area contributed by atoms with E-state index in [9.17, 15) is 4.79 Å². The van der Waals surface area contributed by atoms with E-state index in [1.165, 1.54) is 68.0 Å². The number of carbonyl (C=O) groups excluding carboxylic acids is 1. The van der Waals surface area contributed by atoms with Gasteiger partial charge in [0.25, 0.3) is 0 Å². The molecule has 9 heteroatoms. The predicted octanol–water partition coefficient (Wildman–Crippen LogP) is 4.20. The van der Waals surface area contributed by atoms with Gasteiger partial charge in [-0.05, 0) is 32.1 Å². The highest BCUT2D eigenvalue weighted by molar-refractivity contribution is 7.99. The van der Waals surface area contributed by atoms with Gasteiger partial charge in [-0.2, -0.15) is 0 Å². The normalized spacial score (nSPS) is 18.0. The quantitative estimate of drug-likeness (QED) is 0.662. The molecular formula is C18H26N6OS2. The number of hydrogen-bond donors (Lipinski definition) is 1. The number of hydrogen-bond acceptors (Lipinski definition) is 7. The Balaban J connectivity index is 1.32. The van der Waals surface area contributed by atoms with E-state index in [0.29, 0.717) is 22.7 Å². The second kappa shape index (κ2) is 8.68. The largest absolute Gasteiger partial charge is 0.306 e. The molecule has 0 spiro atoms. The Kier molecular flexibility index (Phi) is 6.07. The molecule has 2 fully saturated rings. The van der Waals surface area contributed by atoms with Gasteiger partial charge in [-0.15, -0.1) is 20.4 Å². The first-order valence-corrected chi connectivity index (χ1v) is 11.7. The first-order chi connectivity index (χ1) is 13.2. The Morgan fingerprint density at radius 2 is 1.93 bits per heavy atom. The van der Waals surface area contributed by atoms with Crippen LogP contribution in [0.25, 0.3) is 0 Å². The van der Waals surface area contributed by atoms with E-state index >= 15 is 0 Å². The fraction of sp³-hybridized carbons (Fsp3) is 0.722. The van der Waals surface area contributed by atoms with Crippen molar-refractivity contribution in [3.63, 3.8) is 0 Å². The van der Waals surface area contributed by atoms with Gasteiger partial charge in [-0.3, -0.25) is 10.1 Å². The number of nitrogens with one attached hydrogen (secondary N) is 1. The SMILES string of the molecule is CCCn1c(SCC(=O)Nc2nnc(C3CCCCC3)s2)nnc1C1CC1. The zero-order chi connectivity index (χ0) is 18.6. The van der Waals surface area contributed by atoms with Crippen LogP contribution in [0, 0.1) is 0 Å². The molecule has 1 amide bonds. The maximum Gasteiger partial charge on any atom is 0.236 e. The molecule has 2 saturated carbocycles. The molecule has 0 bridgehead atoms. The molecule has 4 rings (SSSR count). The average molecular weight is 407 g/mol. The highest BCUT2D eigenvalue weighted by atomic mass is 32.2. The number of amides is 1. The predicted molar refractivity (Wildman–Crippen MR) is 107 cm³/mol. The Morgan fingerprint density at radius 1 is 1.11 bits per heavy atom. The third-order valence-corrected chi connectivity index (χ3v) is 7.08. The summed E-state index contributed by atoms with van der Waals surface area (Å²) in [6, 6.07) is 0.